The van der Waals surface area contributed by atoms with Crippen molar-refractivity contribution in [3.63, 3.8) is 0 Å². The Morgan fingerprint density at radius 2 is 1.75 bits per heavy atom. The fraction of sp³-hybridized carbons (Fsp3) is 0.286. The van der Waals surface area contributed by atoms with Crippen LogP contribution in [0.25, 0.3) is 0 Å². The second kappa shape index (κ2) is 6.02. The summed E-state index contributed by atoms with van der Waals surface area (Å²) in [5, 5.41) is 2.15. The van der Waals surface area contributed by atoms with Crippen LogP contribution < -0.4 is 0 Å². The van der Waals surface area contributed by atoms with Gasteiger partial charge in [0.15, 0.2) is 0 Å². The van der Waals surface area contributed by atoms with E-state index in [-0.39, 0.29) is 0 Å². The third kappa shape index (κ3) is 3.32. The van der Waals surface area contributed by atoms with E-state index in [1.807, 2.05) is 28.7 Å². The Kier molecular flexibility index (Phi) is 4.37. The van der Waals surface area contributed by atoms with Crippen molar-refractivity contribution in [1.82, 2.24) is 0 Å². The van der Waals surface area contributed by atoms with Crippen LogP contribution in [0.15, 0.2) is 42.3 Å². The van der Waals surface area contributed by atoms with Crippen LogP contribution in [0.5, 0.6) is 0 Å². The van der Waals surface area contributed by atoms with Gasteiger partial charge in [0.05, 0.1) is 0 Å². The van der Waals surface area contributed by atoms with Gasteiger partial charge < -0.3 is 0 Å². The fourth-order valence-corrected chi connectivity index (χ4v) is 3.38. The minimum Gasteiger partial charge on any atom is -0.149 e. The van der Waals surface area contributed by atoms with Crippen LogP contribution in [-0.2, 0) is 19.3 Å². The van der Waals surface area contributed by atoms with E-state index >= 15 is 0 Å². The van der Waals surface area contributed by atoms with Crippen molar-refractivity contribution in [3.05, 3.63) is 56.9 Å². The molecule has 0 saturated carbocycles. The molecule has 0 saturated heterocycles. The lowest BCUT2D eigenvalue weighted by Crippen LogP contribution is -1.83. The quantitative estimate of drug-likeness (QED) is 0.649. The molecule has 84 valence electrons. The van der Waals surface area contributed by atoms with Crippen LogP contribution in [0.1, 0.15) is 21.1 Å². The van der Waals surface area contributed by atoms with Gasteiger partial charge in [0.1, 0.15) is 0 Å². The van der Waals surface area contributed by atoms with E-state index in [9.17, 15) is 0 Å². The summed E-state index contributed by atoms with van der Waals surface area (Å²) < 4.78 is 0. The zero-order valence-corrected chi connectivity index (χ0v) is 10.9. The summed E-state index contributed by atoms with van der Waals surface area (Å²) in [5.41, 5.74) is 0. The first kappa shape index (κ1) is 11.6. The Hall–Kier alpha value is -0.860. The van der Waals surface area contributed by atoms with E-state index in [0.717, 1.165) is 12.8 Å². The number of rotatable bonds is 6. The van der Waals surface area contributed by atoms with Gasteiger partial charge in [-0.05, 0) is 49.3 Å². The van der Waals surface area contributed by atoms with Gasteiger partial charge in [0, 0.05) is 14.6 Å². The molecule has 2 heteroatoms. The lowest BCUT2D eigenvalue weighted by Gasteiger charge is -1.95. The third-order valence-corrected chi connectivity index (χ3v) is 4.65. The zero-order valence-electron chi connectivity index (χ0n) is 9.32. The first-order valence-electron chi connectivity index (χ1n) is 5.59. The molecule has 0 unspecified atom stereocenters. The smallest absolute Gasteiger partial charge is 0.00517 e. The monoisotopic (exact) mass is 248 g/mol. The molecule has 0 N–H and O–H groups in total. The topological polar surface area (TPSA) is 0 Å². The largest absolute Gasteiger partial charge is 0.149 e. The molecule has 0 radical (unpaired) electrons. The van der Waals surface area contributed by atoms with Crippen molar-refractivity contribution in [2.75, 3.05) is 0 Å². The highest BCUT2D eigenvalue weighted by molar-refractivity contribution is 7.12. The Bertz CT molecular complexity index is 423. The molecular formula is C14H16S2. The predicted octanol–water partition coefficient (Wildman–Crippen LogP) is 4.71. The molecule has 2 aromatic rings. The highest BCUT2D eigenvalue weighted by Crippen LogP contribution is 2.21. The number of aryl methyl sites for hydroxylation is 3. The molecule has 0 amide bonds. The maximum Gasteiger partial charge on any atom is 0.00517 e. The second-order valence-corrected chi connectivity index (χ2v) is 6.06. The van der Waals surface area contributed by atoms with Gasteiger partial charge in [-0.25, -0.2) is 0 Å². The molecule has 0 aromatic carbocycles. The third-order valence-electron chi connectivity index (χ3n) is 2.51. The molecule has 0 spiro atoms. The normalized spacial score (nSPS) is 10.5. The van der Waals surface area contributed by atoms with E-state index in [2.05, 4.69) is 36.2 Å². The standard InChI is InChI=1S/C14H16S2/c1-2-3-5-13-9-10-14(16-13)8-7-12-6-4-11-15-12/h2,4,6,9-11H,1,3,5,7-8H2. The van der Waals surface area contributed by atoms with Gasteiger partial charge in [-0.3, -0.25) is 0 Å². The molecule has 0 atom stereocenters. The maximum atomic E-state index is 3.76. The Morgan fingerprint density at radius 1 is 1.00 bits per heavy atom. The van der Waals surface area contributed by atoms with E-state index in [0.29, 0.717) is 0 Å². The Labute approximate surface area is 105 Å². The van der Waals surface area contributed by atoms with E-state index in [4.69, 9.17) is 0 Å². The zero-order chi connectivity index (χ0) is 11.2. The maximum absolute atomic E-state index is 3.76. The number of allylic oxidation sites excluding steroid dienone is 1. The van der Waals surface area contributed by atoms with E-state index in [1.165, 1.54) is 27.5 Å². The van der Waals surface area contributed by atoms with Crippen LogP contribution >= 0.6 is 22.7 Å². The molecular weight excluding hydrogens is 232 g/mol. The first-order valence-corrected chi connectivity index (χ1v) is 7.29. The summed E-state index contributed by atoms with van der Waals surface area (Å²) in [7, 11) is 0. The van der Waals surface area contributed by atoms with Crippen LogP contribution in [0.2, 0.25) is 0 Å². The van der Waals surface area contributed by atoms with Gasteiger partial charge in [0.2, 0.25) is 0 Å². The molecule has 16 heavy (non-hydrogen) atoms. The summed E-state index contributed by atoms with van der Waals surface area (Å²) in [5.74, 6) is 0. The molecule has 2 aromatic heterocycles. The summed E-state index contributed by atoms with van der Waals surface area (Å²) in [6, 6.07) is 8.88. The summed E-state index contributed by atoms with van der Waals surface area (Å²) >= 11 is 3.81. The predicted molar refractivity (Wildman–Crippen MR) is 74.6 cm³/mol. The van der Waals surface area contributed by atoms with Crippen molar-refractivity contribution in [2.45, 2.75) is 25.7 Å². The molecule has 0 bridgehead atoms. The number of hydrogen-bond acceptors (Lipinski definition) is 2. The molecule has 0 aliphatic heterocycles. The van der Waals surface area contributed by atoms with Crippen LogP contribution in [0, 0.1) is 0 Å². The lowest BCUT2D eigenvalue weighted by atomic mass is 10.2. The summed E-state index contributed by atoms with van der Waals surface area (Å²) in [6.45, 7) is 3.76. The summed E-state index contributed by atoms with van der Waals surface area (Å²) in [4.78, 5) is 4.48. The molecule has 2 heterocycles. The van der Waals surface area contributed by atoms with Gasteiger partial charge in [-0.2, -0.15) is 0 Å². The minimum absolute atomic E-state index is 1.09. The van der Waals surface area contributed by atoms with Crippen LogP contribution in [0.4, 0.5) is 0 Å². The highest BCUT2D eigenvalue weighted by atomic mass is 32.1. The van der Waals surface area contributed by atoms with Gasteiger partial charge in [-0.1, -0.05) is 12.1 Å². The molecule has 0 nitrogen and oxygen atoms in total. The SMILES string of the molecule is C=CCCc1ccc(CCc2cccs2)s1. The first-order chi connectivity index (χ1) is 7.88. The van der Waals surface area contributed by atoms with Crippen LogP contribution in [0.3, 0.4) is 0 Å². The lowest BCUT2D eigenvalue weighted by molar-refractivity contribution is 1.00. The van der Waals surface area contributed by atoms with Crippen molar-refractivity contribution in [1.29, 1.82) is 0 Å². The van der Waals surface area contributed by atoms with Gasteiger partial charge >= 0.3 is 0 Å². The number of hydrogen-bond donors (Lipinski definition) is 0. The minimum atomic E-state index is 1.09. The van der Waals surface area contributed by atoms with Gasteiger partial charge in [0.25, 0.3) is 0 Å². The molecule has 0 fully saturated rings. The van der Waals surface area contributed by atoms with Crippen molar-refractivity contribution in [3.8, 4) is 0 Å². The number of thiophene rings is 2. The average molecular weight is 248 g/mol. The van der Waals surface area contributed by atoms with Crippen molar-refractivity contribution >= 4 is 22.7 Å². The highest BCUT2D eigenvalue weighted by Gasteiger charge is 2.01. The second-order valence-electron chi connectivity index (χ2n) is 3.77. The van der Waals surface area contributed by atoms with Gasteiger partial charge in [-0.15, -0.1) is 29.3 Å². The fourth-order valence-electron chi connectivity index (χ4n) is 1.64. The summed E-state index contributed by atoms with van der Waals surface area (Å²) in [6.07, 6.45) is 6.58. The van der Waals surface area contributed by atoms with E-state index < -0.39 is 0 Å². The van der Waals surface area contributed by atoms with E-state index in [1.54, 1.807) is 0 Å². The molecule has 2 rings (SSSR count). The Morgan fingerprint density at radius 3 is 2.44 bits per heavy atom. The van der Waals surface area contributed by atoms with Crippen molar-refractivity contribution in [2.24, 2.45) is 0 Å². The molecule has 0 aliphatic rings. The molecule has 0 aliphatic carbocycles. The van der Waals surface area contributed by atoms with Crippen LogP contribution in [-0.4, -0.2) is 0 Å². The van der Waals surface area contributed by atoms with Crippen molar-refractivity contribution < 1.29 is 0 Å². The Balaban J connectivity index is 1.85. The average Bonchev–Trinajstić information content (AvgIpc) is 2.95.